The van der Waals surface area contributed by atoms with E-state index in [2.05, 4.69) is 10.1 Å². The van der Waals surface area contributed by atoms with Gasteiger partial charge in [0.1, 0.15) is 0 Å². The normalized spacial score (nSPS) is 11.7. The monoisotopic (exact) mass is 251 g/mol. The summed E-state index contributed by atoms with van der Waals surface area (Å²) in [6.07, 6.45) is 0.572. The average Bonchev–Trinajstić information content (AvgIpc) is 2.40. The average molecular weight is 251 g/mol. The third-order valence-electron chi connectivity index (χ3n) is 2.66. The van der Waals surface area contributed by atoms with E-state index in [1.807, 2.05) is 6.92 Å². The molecule has 18 heavy (non-hydrogen) atoms. The van der Waals surface area contributed by atoms with Gasteiger partial charge >= 0.3 is 5.97 Å². The Kier molecular flexibility index (Phi) is 5.32. The van der Waals surface area contributed by atoms with E-state index in [1.54, 1.807) is 24.3 Å². The molecule has 0 fully saturated rings. The third-order valence-corrected chi connectivity index (χ3v) is 2.66. The highest BCUT2D eigenvalue weighted by Crippen LogP contribution is 2.12. The van der Waals surface area contributed by atoms with Crippen molar-refractivity contribution in [3.63, 3.8) is 0 Å². The van der Waals surface area contributed by atoms with Crippen LogP contribution in [0.3, 0.4) is 0 Å². The summed E-state index contributed by atoms with van der Waals surface area (Å²) in [5, 5.41) is 11.7. The van der Waals surface area contributed by atoms with Crippen LogP contribution in [0.5, 0.6) is 0 Å². The molecule has 1 aromatic carbocycles. The van der Waals surface area contributed by atoms with Gasteiger partial charge in [0.15, 0.2) is 0 Å². The summed E-state index contributed by atoms with van der Waals surface area (Å²) >= 11 is 0. The van der Waals surface area contributed by atoms with E-state index in [0.717, 1.165) is 0 Å². The maximum atomic E-state index is 11.7. The van der Waals surface area contributed by atoms with Gasteiger partial charge in [-0.3, -0.25) is 4.79 Å². The molecule has 0 aromatic heterocycles. The van der Waals surface area contributed by atoms with Gasteiger partial charge in [0.05, 0.1) is 25.2 Å². The van der Waals surface area contributed by atoms with Gasteiger partial charge in [-0.05, 0) is 30.7 Å². The standard InChI is InChI=1S/C13H17NO4/c1-3-9(8-15)12(16)14-11-6-4-10(5-7-11)13(17)18-2/h4-7,9,15H,3,8H2,1-2H3,(H,14,16). The van der Waals surface area contributed by atoms with Gasteiger partial charge in [-0.25, -0.2) is 4.79 Å². The van der Waals surface area contributed by atoms with Crippen LogP contribution >= 0.6 is 0 Å². The Morgan fingerprint density at radius 2 is 1.94 bits per heavy atom. The minimum Gasteiger partial charge on any atom is -0.465 e. The van der Waals surface area contributed by atoms with Crippen LogP contribution in [-0.4, -0.2) is 30.7 Å². The molecule has 0 heterocycles. The quantitative estimate of drug-likeness (QED) is 0.776. The van der Waals surface area contributed by atoms with Crippen LogP contribution in [0, 0.1) is 5.92 Å². The van der Waals surface area contributed by atoms with E-state index in [9.17, 15) is 9.59 Å². The SMILES string of the molecule is CCC(CO)C(=O)Nc1ccc(C(=O)OC)cc1. The zero-order valence-electron chi connectivity index (χ0n) is 10.5. The summed E-state index contributed by atoms with van der Waals surface area (Å²) in [5.41, 5.74) is 1.00. The van der Waals surface area contributed by atoms with Crippen LogP contribution in [-0.2, 0) is 9.53 Å². The molecule has 0 spiro atoms. The first kappa shape index (κ1) is 14.2. The molecule has 5 heteroatoms. The predicted octanol–water partition coefficient (Wildman–Crippen LogP) is 1.43. The van der Waals surface area contributed by atoms with Crippen molar-refractivity contribution in [1.29, 1.82) is 0 Å². The number of esters is 1. The Labute approximate surface area is 106 Å². The lowest BCUT2D eigenvalue weighted by atomic mass is 10.1. The van der Waals surface area contributed by atoms with E-state index in [0.29, 0.717) is 17.7 Å². The molecule has 0 saturated carbocycles. The predicted molar refractivity (Wildman–Crippen MR) is 67.3 cm³/mol. The molecule has 0 aliphatic rings. The number of ether oxygens (including phenoxy) is 1. The molecule has 0 saturated heterocycles. The molecule has 2 N–H and O–H groups in total. The molecule has 1 atom stereocenters. The second-order valence-electron chi connectivity index (χ2n) is 3.85. The van der Waals surface area contributed by atoms with Gasteiger partial charge in [0.25, 0.3) is 0 Å². The lowest BCUT2D eigenvalue weighted by molar-refractivity contribution is -0.121. The number of rotatable bonds is 5. The summed E-state index contributed by atoms with van der Waals surface area (Å²) in [4.78, 5) is 22.9. The summed E-state index contributed by atoms with van der Waals surface area (Å²) < 4.78 is 4.57. The van der Waals surface area contributed by atoms with E-state index >= 15 is 0 Å². The van der Waals surface area contributed by atoms with Crippen LogP contribution in [0.15, 0.2) is 24.3 Å². The first-order chi connectivity index (χ1) is 8.62. The highest BCUT2D eigenvalue weighted by atomic mass is 16.5. The second-order valence-corrected chi connectivity index (χ2v) is 3.85. The molecule has 1 unspecified atom stereocenters. The number of hydrogen-bond donors (Lipinski definition) is 2. The van der Waals surface area contributed by atoms with E-state index in [4.69, 9.17) is 5.11 Å². The van der Waals surface area contributed by atoms with Crippen LogP contribution in [0.25, 0.3) is 0 Å². The zero-order chi connectivity index (χ0) is 13.5. The molecule has 1 rings (SSSR count). The molecule has 1 aromatic rings. The molecule has 98 valence electrons. The van der Waals surface area contributed by atoms with Crippen molar-refractivity contribution in [2.24, 2.45) is 5.92 Å². The Balaban J connectivity index is 2.69. The number of aliphatic hydroxyl groups is 1. The second kappa shape index (κ2) is 6.76. The number of anilines is 1. The minimum atomic E-state index is -0.422. The van der Waals surface area contributed by atoms with Gasteiger partial charge in [0, 0.05) is 5.69 Å². The Morgan fingerprint density at radius 1 is 1.33 bits per heavy atom. The highest BCUT2D eigenvalue weighted by molar-refractivity contribution is 5.94. The van der Waals surface area contributed by atoms with Crippen molar-refractivity contribution in [3.05, 3.63) is 29.8 Å². The zero-order valence-corrected chi connectivity index (χ0v) is 10.5. The number of benzene rings is 1. The number of methoxy groups -OCH3 is 1. The maximum absolute atomic E-state index is 11.7. The van der Waals surface area contributed by atoms with Gasteiger partial charge in [0.2, 0.25) is 5.91 Å². The Morgan fingerprint density at radius 3 is 2.39 bits per heavy atom. The molecule has 0 aliphatic carbocycles. The molecular formula is C13H17NO4. The van der Waals surface area contributed by atoms with Crippen LogP contribution in [0.4, 0.5) is 5.69 Å². The largest absolute Gasteiger partial charge is 0.465 e. The fraction of sp³-hybridized carbons (Fsp3) is 0.385. The van der Waals surface area contributed by atoms with Crippen molar-refractivity contribution in [2.75, 3.05) is 19.0 Å². The number of amides is 1. The summed E-state index contributed by atoms with van der Waals surface area (Å²) in [7, 11) is 1.31. The molecule has 1 amide bonds. The lowest BCUT2D eigenvalue weighted by Gasteiger charge is -2.12. The van der Waals surface area contributed by atoms with Crippen molar-refractivity contribution in [2.45, 2.75) is 13.3 Å². The number of nitrogens with one attached hydrogen (secondary N) is 1. The van der Waals surface area contributed by atoms with Gasteiger partial charge in [-0.15, -0.1) is 0 Å². The number of aliphatic hydroxyl groups excluding tert-OH is 1. The summed E-state index contributed by atoms with van der Waals surface area (Å²) in [5.74, 6) is -1.06. The van der Waals surface area contributed by atoms with E-state index < -0.39 is 11.9 Å². The van der Waals surface area contributed by atoms with Gasteiger partial charge in [-0.2, -0.15) is 0 Å². The fourth-order valence-electron chi connectivity index (χ4n) is 1.45. The third kappa shape index (κ3) is 3.56. The van der Waals surface area contributed by atoms with Gasteiger partial charge < -0.3 is 15.2 Å². The Bertz CT molecular complexity index is 410. The smallest absolute Gasteiger partial charge is 0.337 e. The van der Waals surface area contributed by atoms with Crippen molar-refractivity contribution in [1.82, 2.24) is 0 Å². The summed E-state index contributed by atoms with van der Waals surface area (Å²) in [6, 6.07) is 6.38. The Hall–Kier alpha value is -1.88. The van der Waals surface area contributed by atoms with Crippen molar-refractivity contribution < 1.29 is 19.4 Å². The fourth-order valence-corrected chi connectivity index (χ4v) is 1.45. The van der Waals surface area contributed by atoms with Crippen LogP contribution in [0.1, 0.15) is 23.7 Å². The first-order valence-corrected chi connectivity index (χ1v) is 5.72. The maximum Gasteiger partial charge on any atom is 0.337 e. The van der Waals surface area contributed by atoms with Crippen LogP contribution < -0.4 is 5.32 Å². The molecular weight excluding hydrogens is 234 g/mol. The molecule has 0 bridgehead atoms. The van der Waals surface area contributed by atoms with E-state index in [-0.39, 0.29) is 12.5 Å². The highest BCUT2D eigenvalue weighted by Gasteiger charge is 2.15. The van der Waals surface area contributed by atoms with Gasteiger partial charge in [-0.1, -0.05) is 6.92 Å². The lowest BCUT2D eigenvalue weighted by Crippen LogP contribution is -2.25. The van der Waals surface area contributed by atoms with Crippen LogP contribution in [0.2, 0.25) is 0 Å². The number of carbonyl (C=O) groups excluding carboxylic acids is 2. The first-order valence-electron chi connectivity index (χ1n) is 5.72. The molecule has 0 aliphatic heterocycles. The van der Waals surface area contributed by atoms with Crippen molar-refractivity contribution >= 4 is 17.6 Å². The number of carbonyl (C=O) groups is 2. The summed E-state index contributed by atoms with van der Waals surface area (Å²) in [6.45, 7) is 1.66. The topological polar surface area (TPSA) is 75.6 Å². The minimum absolute atomic E-state index is 0.178. The molecule has 5 nitrogen and oxygen atoms in total. The molecule has 0 radical (unpaired) electrons. The van der Waals surface area contributed by atoms with E-state index in [1.165, 1.54) is 7.11 Å². The van der Waals surface area contributed by atoms with Crippen molar-refractivity contribution in [3.8, 4) is 0 Å². The number of hydrogen-bond acceptors (Lipinski definition) is 4.